The van der Waals surface area contributed by atoms with Gasteiger partial charge < -0.3 is 5.73 Å². The average Bonchev–Trinajstić information content (AvgIpc) is 2.47. The maximum atomic E-state index is 12.5. The van der Waals surface area contributed by atoms with E-state index in [1.54, 1.807) is 6.92 Å². The van der Waals surface area contributed by atoms with Crippen LogP contribution in [0.4, 0.5) is 0 Å². The predicted octanol–water partition coefficient (Wildman–Crippen LogP) is 0.753. The minimum atomic E-state index is -3.59. The molecule has 2 rings (SSSR count). The molecule has 6 nitrogen and oxygen atoms in total. The van der Waals surface area contributed by atoms with Gasteiger partial charge in [-0.2, -0.15) is 9.57 Å². The number of nitrogens with two attached hydrogens (primary N) is 1. The Hall–Kier alpha value is -1.91. The third kappa shape index (κ3) is 3.06. The van der Waals surface area contributed by atoms with Crippen LogP contribution < -0.4 is 5.73 Å². The Labute approximate surface area is 124 Å². The van der Waals surface area contributed by atoms with E-state index in [1.165, 1.54) is 22.5 Å². The van der Waals surface area contributed by atoms with Gasteiger partial charge >= 0.3 is 0 Å². The number of sulfonamides is 1. The summed E-state index contributed by atoms with van der Waals surface area (Å²) in [4.78, 5) is 11.3. The van der Waals surface area contributed by atoms with Crippen LogP contribution >= 0.6 is 0 Å². The molecule has 0 spiro atoms. The summed E-state index contributed by atoms with van der Waals surface area (Å²) in [6.07, 6.45) is 0.896. The quantitative estimate of drug-likeness (QED) is 0.889. The van der Waals surface area contributed by atoms with Crippen LogP contribution in [-0.4, -0.2) is 31.7 Å². The van der Waals surface area contributed by atoms with Crippen molar-refractivity contribution in [3.63, 3.8) is 0 Å². The van der Waals surface area contributed by atoms with Gasteiger partial charge in [-0.1, -0.05) is 0 Å². The molecule has 0 aliphatic carbocycles. The number of rotatable bonds is 3. The monoisotopic (exact) mass is 307 g/mol. The number of carbonyl (C=O) groups excluding carboxylic acids is 1. The number of primary amides is 1. The number of hydrogen-bond donors (Lipinski definition) is 1. The van der Waals surface area contributed by atoms with Gasteiger partial charge in [0, 0.05) is 19.0 Å². The molecule has 0 radical (unpaired) electrons. The second-order valence-electron chi connectivity index (χ2n) is 5.17. The molecule has 21 heavy (non-hydrogen) atoms. The maximum absolute atomic E-state index is 12.5. The molecule has 112 valence electrons. The van der Waals surface area contributed by atoms with E-state index in [0.29, 0.717) is 24.0 Å². The number of hydrogen-bond acceptors (Lipinski definition) is 4. The third-order valence-electron chi connectivity index (χ3n) is 3.81. The fourth-order valence-corrected chi connectivity index (χ4v) is 4.01. The van der Waals surface area contributed by atoms with Gasteiger partial charge in [0.25, 0.3) is 0 Å². The number of piperidine rings is 1. The molecule has 1 amide bonds. The first-order valence-electron chi connectivity index (χ1n) is 6.66. The molecular formula is C14H17N3O3S. The van der Waals surface area contributed by atoms with Crippen molar-refractivity contribution in [2.75, 3.05) is 13.1 Å². The molecule has 1 saturated heterocycles. The van der Waals surface area contributed by atoms with Crippen molar-refractivity contribution in [2.45, 2.75) is 24.7 Å². The Kier molecular flexibility index (Phi) is 4.30. The molecule has 0 saturated carbocycles. The molecule has 2 N–H and O–H groups in total. The highest BCUT2D eigenvalue weighted by atomic mass is 32.2. The molecule has 0 aromatic heterocycles. The first-order valence-corrected chi connectivity index (χ1v) is 8.10. The summed E-state index contributed by atoms with van der Waals surface area (Å²) < 4.78 is 26.5. The van der Waals surface area contributed by atoms with E-state index in [9.17, 15) is 13.2 Å². The van der Waals surface area contributed by atoms with Crippen LogP contribution in [0.15, 0.2) is 23.1 Å². The number of nitrogens with zero attached hydrogens (tertiary/aromatic N) is 2. The van der Waals surface area contributed by atoms with Gasteiger partial charge in [-0.15, -0.1) is 0 Å². The fourth-order valence-electron chi connectivity index (χ4n) is 2.45. The Balaban J connectivity index is 2.22. The van der Waals surface area contributed by atoms with E-state index in [-0.39, 0.29) is 29.8 Å². The van der Waals surface area contributed by atoms with Gasteiger partial charge in [-0.3, -0.25) is 4.79 Å². The SMILES string of the molecule is Cc1cc(S(=O)(=O)N2CCC(C(N)=O)CC2)ccc1C#N. The Bertz CT molecular complexity index is 699. The highest BCUT2D eigenvalue weighted by molar-refractivity contribution is 7.89. The lowest BCUT2D eigenvalue weighted by molar-refractivity contribution is -0.122. The van der Waals surface area contributed by atoms with E-state index in [2.05, 4.69) is 0 Å². The van der Waals surface area contributed by atoms with E-state index in [0.717, 1.165) is 0 Å². The normalized spacial score (nSPS) is 17.3. The highest BCUT2D eigenvalue weighted by Crippen LogP contribution is 2.24. The van der Waals surface area contributed by atoms with Crippen molar-refractivity contribution in [3.05, 3.63) is 29.3 Å². The lowest BCUT2D eigenvalue weighted by atomic mass is 9.98. The first-order chi connectivity index (χ1) is 9.86. The lowest BCUT2D eigenvalue weighted by Gasteiger charge is -2.29. The minimum Gasteiger partial charge on any atom is -0.369 e. The maximum Gasteiger partial charge on any atom is 0.243 e. The van der Waals surface area contributed by atoms with Crippen molar-refractivity contribution in [3.8, 4) is 6.07 Å². The molecule has 1 aromatic rings. The van der Waals surface area contributed by atoms with Gasteiger partial charge in [0.15, 0.2) is 0 Å². The van der Waals surface area contributed by atoms with Crippen LogP contribution in [0.5, 0.6) is 0 Å². The number of nitriles is 1. The summed E-state index contributed by atoms with van der Waals surface area (Å²) in [6, 6.07) is 6.48. The largest absolute Gasteiger partial charge is 0.369 e. The molecule has 1 fully saturated rings. The predicted molar refractivity (Wildman–Crippen MR) is 76.6 cm³/mol. The van der Waals surface area contributed by atoms with Crippen LogP contribution in [0.1, 0.15) is 24.0 Å². The van der Waals surface area contributed by atoms with Crippen LogP contribution in [0.25, 0.3) is 0 Å². The van der Waals surface area contributed by atoms with Crippen LogP contribution in [-0.2, 0) is 14.8 Å². The zero-order chi connectivity index (χ0) is 15.6. The van der Waals surface area contributed by atoms with Crippen molar-refractivity contribution in [1.82, 2.24) is 4.31 Å². The van der Waals surface area contributed by atoms with Gasteiger partial charge in [0.05, 0.1) is 16.5 Å². The fraction of sp³-hybridized carbons (Fsp3) is 0.429. The summed E-state index contributed by atoms with van der Waals surface area (Å²) in [5, 5.41) is 8.89. The van der Waals surface area contributed by atoms with E-state index in [4.69, 9.17) is 11.0 Å². The first kappa shape index (κ1) is 15.5. The molecule has 0 unspecified atom stereocenters. The molecule has 7 heteroatoms. The van der Waals surface area contributed by atoms with E-state index in [1.807, 2.05) is 6.07 Å². The zero-order valence-electron chi connectivity index (χ0n) is 11.7. The summed E-state index contributed by atoms with van der Waals surface area (Å²) in [5.41, 5.74) is 6.34. The van der Waals surface area contributed by atoms with E-state index < -0.39 is 10.0 Å². The number of aryl methyl sites for hydroxylation is 1. The molecule has 1 aromatic carbocycles. The Morgan fingerprint density at radius 2 is 2.00 bits per heavy atom. The number of benzene rings is 1. The summed E-state index contributed by atoms with van der Waals surface area (Å²) in [5.74, 6) is -0.625. The zero-order valence-corrected chi connectivity index (χ0v) is 12.6. The Morgan fingerprint density at radius 1 is 1.38 bits per heavy atom. The Morgan fingerprint density at radius 3 is 2.48 bits per heavy atom. The molecular weight excluding hydrogens is 290 g/mol. The summed E-state index contributed by atoms with van der Waals surface area (Å²) in [6.45, 7) is 2.28. The lowest BCUT2D eigenvalue weighted by Crippen LogP contribution is -2.41. The second kappa shape index (κ2) is 5.84. The molecule has 1 heterocycles. The average molecular weight is 307 g/mol. The third-order valence-corrected chi connectivity index (χ3v) is 5.71. The van der Waals surface area contributed by atoms with Gasteiger partial charge in [-0.05, 0) is 43.5 Å². The van der Waals surface area contributed by atoms with Crippen molar-refractivity contribution >= 4 is 15.9 Å². The summed E-state index contributed by atoms with van der Waals surface area (Å²) >= 11 is 0. The topological polar surface area (TPSA) is 104 Å². The van der Waals surface area contributed by atoms with Crippen LogP contribution in [0.2, 0.25) is 0 Å². The smallest absolute Gasteiger partial charge is 0.243 e. The van der Waals surface area contributed by atoms with E-state index >= 15 is 0 Å². The molecule has 1 aliphatic heterocycles. The van der Waals surface area contributed by atoms with Gasteiger partial charge in [0.2, 0.25) is 15.9 Å². The van der Waals surface area contributed by atoms with Crippen molar-refractivity contribution in [1.29, 1.82) is 5.26 Å². The molecule has 0 atom stereocenters. The van der Waals surface area contributed by atoms with Crippen molar-refractivity contribution < 1.29 is 13.2 Å². The number of carbonyl (C=O) groups is 1. The minimum absolute atomic E-state index is 0.177. The van der Waals surface area contributed by atoms with Gasteiger partial charge in [0.1, 0.15) is 0 Å². The second-order valence-corrected chi connectivity index (χ2v) is 7.11. The van der Waals surface area contributed by atoms with Crippen molar-refractivity contribution in [2.24, 2.45) is 11.7 Å². The van der Waals surface area contributed by atoms with Gasteiger partial charge in [-0.25, -0.2) is 8.42 Å². The molecule has 1 aliphatic rings. The highest BCUT2D eigenvalue weighted by Gasteiger charge is 2.31. The van der Waals surface area contributed by atoms with Crippen LogP contribution in [0, 0.1) is 24.2 Å². The van der Waals surface area contributed by atoms with Crippen LogP contribution in [0.3, 0.4) is 0 Å². The summed E-state index contributed by atoms with van der Waals surface area (Å²) in [7, 11) is -3.59. The molecule has 0 bridgehead atoms. The number of amides is 1. The standard InChI is InChI=1S/C14H17N3O3S/c1-10-8-13(3-2-12(10)9-15)21(19,20)17-6-4-11(5-7-17)14(16)18/h2-3,8,11H,4-7H2,1H3,(H2,16,18).